The average Bonchev–Trinajstić information content (AvgIpc) is 1.19. The van der Waals surface area contributed by atoms with Crippen molar-refractivity contribution in [3.05, 3.63) is 0 Å². The summed E-state index contributed by atoms with van der Waals surface area (Å²) in [6.45, 7) is 9.77. The molecular weight excluding hydrogens is 1400 g/mol. The third-order valence-corrected chi connectivity index (χ3v) is 22.9. The van der Waals surface area contributed by atoms with E-state index >= 15 is 0 Å². The van der Waals surface area contributed by atoms with Crippen LogP contribution < -0.4 is 0 Å². The topological polar surface area (TPSA) is 237 Å². The van der Waals surface area contributed by atoms with Gasteiger partial charge in [0.1, 0.15) is 19.3 Å². The van der Waals surface area contributed by atoms with Crippen molar-refractivity contribution < 1.29 is 80.2 Å². The van der Waals surface area contributed by atoms with Crippen molar-refractivity contribution in [2.45, 2.75) is 496 Å². The minimum absolute atomic E-state index is 0.109. The fraction of sp³-hybridized carbons (Fsp3) is 0.955. The molecular formula is C89H174O17P2. The van der Waals surface area contributed by atoms with E-state index < -0.39 is 97.5 Å². The number of aliphatic hydroxyl groups is 1. The number of hydrogen-bond acceptors (Lipinski definition) is 15. The van der Waals surface area contributed by atoms with Gasteiger partial charge in [0.2, 0.25) is 0 Å². The van der Waals surface area contributed by atoms with Crippen LogP contribution in [0.15, 0.2) is 0 Å². The van der Waals surface area contributed by atoms with E-state index in [1.165, 1.54) is 295 Å². The molecule has 19 heteroatoms. The van der Waals surface area contributed by atoms with Crippen molar-refractivity contribution in [1.29, 1.82) is 0 Å². The van der Waals surface area contributed by atoms with Crippen LogP contribution in [-0.2, 0) is 65.4 Å². The minimum atomic E-state index is -4.97. The number of ether oxygens (including phenoxy) is 4. The zero-order valence-electron chi connectivity index (χ0n) is 71.2. The van der Waals surface area contributed by atoms with E-state index in [1.807, 2.05) is 0 Å². The predicted octanol–water partition coefficient (Wildman–Crippen LogP) is 27.4. The van der Waals surface area contributed by atoms with Crippen LogP contribution in [0.25, 0.3) is 0 Å². The van der Waals surface area contributed by atoms with E-state index in [0.717, 1.165) is 102 Å². The van der Waals surface area contributed by atoms with Crippen LogP contribution >= 0.6 is 15.6 Å². The van der Waals surface area contributed by atoms with Gasteiger partial charge in [0, 0.05) is 25.7 Å². The Morgan fingerprint density at radius 3 is 0.630 bits per heavy atom. The Bertz CT molecular complexity index is 2060. The molecule has 17 nitrogen and oxygen atoms in total. The van der Waals surface area contributed by atoms with Gasteiger partial charge in [0.15, 0.2) is 12.2 Å². The molecule has 0 saturated heterocycles. The van der Waals surface area contributed by atoms with E-state index in [4.69, 9.17) is 37.0 Å². The first kappa shape index (κ1) is 106. The lowest BCUT2D eigenvalue weighted by Crippen LogP contribution is -2.30. The lowest BCUT2D eigenvalue weighted by molar-refractivity contribution is -0.161. The van der Waals surface area contributed by atoms with E-state index in [-0.39, 0.29) is 25.7 Å². The molecule has 0 saturated carbocycles. The molecule has 0 aromatic rings. The number of carbonyl (C=O) groups is 4. The fourth-order valence-electron chi connectivity index (χ4n) is 14.0. The summed E-state index contributed by atoms with van der Waals surface area (Å²) in [5, 5.41) is 10.7. The van der Waals surface area contributed by atoms with Crippen LogP contribution in [0, 0.1) is 11.8 Å². The Balaban J connectivity index is 5.25. The molecule has 0 heterocycles. The quantitative estimate of drug-likeness (QED) is 0.0222. The van der Waals surface area contributed by atoms with Crippen molar-refractivity contribution in [2.24, 2.45) is 11.8 Å². The zero-order valence-corrected chi connectivity index (χ0v) is 73.0. The highest BCUT2D eigenvalue weighted by Crippen LogP contribution is 2.45. The van der Waals surface area contributed by atoms with Crippen molar-refractivity contribution >= 4 is 39.5 Å². The smallest absolute Gasteiger partial charge is 0.462 e. The van der Waals surface area contributed by atoms with E-state index in [1.54, 1.807) is 0 Å². The monoisotopic (exact) mass is 1580 g/mol. The first-order valence-electron chi connectivity index (χ1n) is 46.0. The van der Waals surface area contributed by atoms with E-state index in [9.17, 15) is 43.2 Å². The third kappa shape index (κ3) is 82.1. The van der Waals surface area contributed by atoms with Crippen molar-refractivity contribution in [2.75, 3.05) is 39.6 Å². The largest absolute Gasteiger partial charge is 0.472 e. The number of unbranched alkanes of at least 4 members (excludes halogenated alkanes) is 58. The number of aliphatic hydroxyl groups excluding tert-OH is 1. The fourth-order valence-corrected chi connectivity index (χ4v) is 15.5. The molecule has 0 aromatic carbocycles. The highest BCUT2D eigenvalue weighted by Gasteiger charge is 2.31. The lowest BCUT2D eigenvalue weighted by Gasteiger charge is -2.21. The molecule has 0 aliphatic heterocycles. The number of phosphoric ester groups is 2. The molecule has 5 atom stereocenters. The standard InChI is InChI=1S/C89H174O17P2/c1-7-9-11-13-15-17-19-21-28-37-43-49-55-61-67-73-88(93)105-84(77-99-86(91)71-65-59-53-47-41-33-20-18-16-14-12-10-8-2)79-103-107(95,96)101-75-83(90)76-102-108(97,98)104-80-85(78-100-87(92)72-66-60-54-48-42-36-31-27-26-30-35-40-46-52-58-64-70-82(5)6)106-89(94)74-68-62-56-50-44-38-32-25-23-22-24-29-34-39-45-51-57-63-69-81(3)4/h81-85,90H,7-80H2,1-6H3,(H,95,96)(H,97,98)/t83-,84+,85+/m0/s1. The Labute approximate surface area is 664 Å². The Morgan fingerprint density at radius 2 is 0.426 bits per heavy atom. The van der Waals surface area contributed by atoms with Crippen molar-refractivity contribution in [3.63, 3.8) is 0 Å². The summed E-state index contributed by atoms with van der Waals surface area (Å²) >= 11 is 0. The SMILES string of the molecule is CCCCCCCCCCCCCCCCCC(=O)O[C@H](COC(=O)CCCCCCCCCCCCCCC)COP(=O)(O)OC[C@H](O)COP(=O)(O)OC[C@@H](COC(=O)CCCCCCCCCCCCCCCCCCC(C)C)OC(=O)CCCCCCCCCCCCCCCCCCCCC(C)C. The number of hydrogen-bond donors (Lipinski definition) is 3. The summed E-state index contributed by atoms with van der Waals surface area (Å²) in [5.74, 6) is -0.462. The van der Waals surface area contributed by atoms with Gasteiger partial charge >= 0.3 is 39.5 Å². The molecule has 642 valence electrons. The molecule has 0 fully saturated rings. The second-order valence-electron chi connectivity index (χ2n) is 32.9. The van der Waals surface area contributed by atoms with Crippen molar-refractivity contribution in [1.82, 2.24) is 0 Å². The van der Waals surface area contributed by atoms with Gasteiger partial charge < -0.3 is 33.8 Å². The molecule has 0 aliphatic carbocycles. The first-order valence-corrected chi connectivity index (χ1v) is 49.0. The summed E-state index contributed by atoms with van der Waals surface area (Å²) in [6.07, 6.45) is 73.5. The second-order valence-corrected chi connectivity index (χ2v) is 35.8. The van der Waals surface area contributed by atoms with Crippen LogP contribution in [-0.4, -0.2) is 96.7 Å². The van der Waals surface area contributed by atoms with Crippen LogP contribution in [0.3, 0.4) is 0 Å². The molecule has 0 radical (unpaired) electrons. The summed E-state index contributed by atoms with van der Waals surface area (Å²) in [4.78, 5) is 73.4. The summed E-state index contributed by atoms with van der Waals surface area (Å²) < 4.78 is 69.0. The molecule has 3 N–H and O–H groups in total. The Morgan fingerprint density at radius 1 is 0.250 bits per heavy atom. The number of esters is 4. The summed E-state index contributed by atoms with van der Waals surface area (Å²) in [5.41, 5.74) is 0. The molecule has 2 unspecified atom stereocenters. The maximum absolute atomic E-state index is 13.2. The Hall–Kier alpha value is -1.94. The van der Waals surface area contributed by atoms with E-state index in [2.05, 4.69) is 41.5 Å². The predicted molar refractivity (Wildman–Crippen MR) is 446 cm³/mol. The summed E-state index contributed by atoms with van der Waals surface area (Å²) in [7, 11) is -9.93. The van der Waals surface area contributed by atoms with Crippen LogP contribution in [0.5, 0.6) is 0 Å². The molecule has 0 bridgehead atoms. The lowest BCUT2D eigenvalue weighted by atomic mass is 10.0. The Kier molecular flexibility index (Phi) is 78.8. The highest BCUT2D eigenvalue weighted by molar-refractivity contribution is 7.47. The van der Waals surface area contributed by atoms with Gasteiger partial charge in [-0.15, -0.1) is 0 Å². The van der Waals surface area contributed by atoms with Crippen LogP contribution in [0.4, 0.5) is 0 Å². The van der Waals surface area contributed by atoms with Crippen LogP contribution in [0.1, 0.15) is 478 Å². The van der Waals surface area contributed by atoms with E-state index in [0.29, 0.717) is 25.7 Å². The molecule has 0 spiro atoms. The van der Waals surface area contributed by atoms with Gasteiger partial charge in [-0.3, -0.25) is 37.3 Å². The molecule has 0 rings (SSSR count). The maximum Gasteiger partial charge on any atom is 0.472 e. The molecule has 0 aliphatic rings. The van der Waals surface area contributed by atoms with Gasteiger partial charge in [-0.25, -0.2) is 9.13 Å². The summed E-state index contributed by atoms with van der Waals surface area (Å²) in [6, 6.07) is 0. The number of carbonyl (C=O) groups excluding carboxylic acids is 4. The van der Waals surface area contributed by atoms with Crippen molar-refractivity contribution in [3.8, 4) is 0 Å². The molecule has 108 heavy (non-hydrogen) atoms. The average molecular weight is 1580 g/mol. The number of phosphoric acid groups is 2. The first-order chi connectivity index (χ1) is 52.4. The molecule has 0 amide bonds. The van der Waals surface area contributed by atoms with Gasteiger partial charge in [0.05, 0.1) is 26.4 Å². The van der Waals surface area contributed by atoms with Gasteiger partial charge in [0.25, 0.3) is 0 Å². The second kappa shape index (κ2) is 80.3. The molecule has 0 aromatic heterocycles. The van der Waals surface area contributed by atoms with Gasteiger partial charge in [-0.2, -0.15) is 0 Å². The normalized spacial score (nSPS) is 13.8. The highest BCUT2D eigenvalue weighted by atomic mass is 31.2. The minimum Gasteiger partial charge on any atom is -0.462 e. The zero-order chi connectivity index (χ0) is 79.2. The third-order valence-electron chi connectivity index (χ3n) is 21.0. The number of rotatable bonds is 88. The maximum atomic E-state index is 13.2. The van der Waals surface area contributed by atoms with Gasteiger partial charge in [-0.05, 0) is 37.5 Å². The van der Waals surface area contributed by atoms with Gasteiger partial charge in [-0.1, -0.05) is 427 Å². The van der Waals surface area contributed by atoms with Crippen LogP contribution in [0.2, 0.25) is 0 Å².